The molecule has 0 atom stereocenters. The molecule has 0 unspecified atom stereocenters. The fourth-order valence-corrected chi connectivity index (χ4v) is 3.35. The molecule has 0 aliphatic heterocycles. The Morgan fingerprint density at radius 1 is 1.17 bits per heavy atom. The monoisotopic (exact) mass is 412 g/mol. The third kappa shape index (κ3) is 5.92. The lowest BCUT2D eigenvalue weighted by molar-refractivity contribution is -0.116. The lowest BCUT2D eigenvalue weighted by Crippen LogP contribution is -2.22. The topological polar surface area (TPSA) is 69.0 Å². The molecule has 1 amide bonds. The fraction of sp³-hybridized carbons (Fsp3) is 0.190. The molecule has 0 saturated carbocycles. The third-order valence-electron chi connectivity index (χ3n) is 4.17. The summed E-state index contributed by atoms with van der Waals surface area (Å²) < 4.78 is 19.9. The van der Waals surface area contributed by atoms with Crippen LogP contribution in [0.3, 0.4) is 0 Å². The number of aromatic nitrogens is 3. The highest BCUT2D eigenvalue weighted by Crippen LogP contribution is 2.21. The first-order chi connectivity index (χ1) is 14.0. The third-order valence-corrected chi connectivity index (χ3v) is 5.26. The van der Waals surface area contributed by atoms with Gasteiger partial charge in [0, 0.05) is 18.9 Å². The van der Waals surface area contributed by atoms with Gasteiger partial charge < -0.3 is 14.6 Å². The van der Waals surface area contributed by atoms with E-state index in [2.05, 4.69) is 15.5 Å². The Labute approximate surface area is 172 Å². The van der Waals surface area contributed by atoms with Crippen LogP contribution < -0.4 is 10.1 Å². The van der Waals surface area contributed by atoms with E-state index in [0.29, 0.717) is 11.6 Å². The maximum atomic E-state index is 13.0. The molecule has 29 heavy (non-hydrogen) atoms. The molecule has 0 bridgehead atoms. The van der Waals surface area contributed by atoms with E-state index in [4.69, 9.17) is 4.74 Å². The number of hydrogen-bond acceptors (Lipinski definition) is 5. The Hall–Kier alpha value is -3.13. The molecule has 6 nitrogen and oxygen atoms in total. The highest BCUT2D eigenvalue weighted by atomic mass is 32.2. The summed E-state index contributed by atoms with van der Waals surface area (Å²) >= 11 is 1.50. The van der Waals surface area contributed by atoms with Crippen molar-refractivity contribution in [3.05, 3.63) is 77.4 Å². The molecule has 0 spiro atoms. The number of benzene rings is 2. The molecule has 1 N–H and O–H groups in total. The van der Waals surface area contributed by atoms with Crippen LogP contribution in [0.25, 0.3) is 6.08 Å². The van der Waals surface area contributed by atoms with E-state index >= 15 is 0 Å². The van der Waals surface area contributed by atoms with Crippen molar-refractivity contribution in [1.82, 2.24) is 20.1 Å². The van der Waals surface area contributed by atoms with E-state index in [1.54, 1.807) is 25.3 Å². The standard InChI is InChI=1S/C21H21FN4O2S/c1-26-19(24-25-21(26)29-14-16-3-8-17(22)9-4-16)13-23-20(27)12-7-15-5-10-18(28-2)11-6-15/h3-12H,13-14H2,1-2H3,(H,23,27)/b12-7+. The molecule has 150 valence electrons. The number of carbonyl (C=O) groups is 1. The average Bonchev–Trinajstić information content (AvgIpc) is 3.10. The number of carbonyl (C=O) groups excluding carboxylic acids is 1. The lowest BCUT2D eigenvalue weighted by atomic mass is 10.2. The fourth-order valence-electron chi connectivity index (χ4n) is 2.47. The molecule has 0 radical (unpaired) electrons. The molecule has 0 aliphatic rings. The first kappa shape index (κ1) is 20.6. The zero-order valence-corrected chi connectivity index (χ0v) is 16.9. The van der Waals surface area contributed by atoms with Crippen LogP contribution in [0.5, 0.6) is 5.75 Å². The molecule has 3 rings (SSSR count). The van der Waals surface area contributed by atoms with Gasteiger partial charge in [-0.1, -0.05) is 36.0 Å². The van der Waals surface area contributed by atoms with Crippen molar-refractivity contribution in [3.63, 3.8) is 0 Å². The Balaban J connectivity index is 1.50. The van der Waals surface area contributed by atoms with Crippen LogP contribution in [-0.4, -0.2) is 27.8 Å². The Bertz CT molecular complexity index is 985. The SMILES string of the molecule is COc1ccc(/C=C/C(=O)NCc2nnc(SCc3ccc(F)cc3)n2C)cc1. The smallest absolute Gasteiger partial charge is 0.244 e. The van der Waals surface area contributed by atoms with Gasteiger partial charge in [0.15, 0.2) is 11.0 Å². The zero-order chi connectivity index (χ0) is 20.6. The molecule has 1 heterocycles. The molecule has 8 heteroatoms. The predicted molar refractivity (Wildman–Crippen MR) is 111 cm³/mol. The quantitative estimate of drug-likeness (QED) is 0.452. The minimum absolute atomic E-state index is 0.218. The zero-order valence-electron chi connectivity index (χ0n) is 16.1. The molecule has 1 aromatic heterocycles. The van der Waals surface area contributed by atoms with Crippen LogP contribution in [0.4, 0.5) is 4.39 Å². The first-order valence-corrected chi connectivity index (χ1v) is 9.89. The minimum Gasteiger partial charge on any atom is -0.497 e. The molecular weight excluding hydrogens is 391 g/mol. The highest BCUT2D eigenvalue weighted by Gasteiger charge is 2.10. The van der Waals surface area contributed by atoms with Crippen molar-refractivity contribution in [2.24, 2.45) is 7.05 Å². The van der Waals surface area contributed by atoms with Crippen LogP contribution in [0.15, 0.2) is 59.8 Å². The molecule has 3 aromatic rings. The molecule has 0 saturated heterocycles. The second-order valence-corrected chi connectivity index (χ2v) is 7.14. The van der Waals surface area contributed by atoms with Crippen molar-refractivity contribution >= 4 is 23.7 Å². The van der Waals surface area contributed by atoms with Crippen molar-refractivity contribution in [3.8, 4) is 5.75 Å². The summed E-state index contributed by atoms with van der Waals surface area (Å²) in [5.74, 6) is 1.60. The van der Waals surface area contributed by atoms with Gasteiger partial charge in [-0.05, 0) is 41.5 Å². The van der Waals surface area contributed by atoms with Gasteiger partial charge in [0.05, 0.1) is 13.7 Å². The summed E-state index contributed by atoms with van der Waals surface area (Å²) in [7, 11) is 3.46. The van der Waals surface area contributed by atoms with E-state index < -0.39 is 0 Å². The van der Waals surface area contributed by atoms with E-state index in [1.165, 1.54) is 30.0 Å². The predicted octanol–water partition coefficient (Wildman–Crippen LogP) is 3.58. The van der Waals surface area contributed by atoms with Gasteiger partial charge in [-0.3, -0.25) is 4.79 Å². The van der Waals surface area contributed by atoms with Crippen LogP contribution in [0, 0.1) is 5.82 Å². The van der Waals surface area contributed by atoms with Gasteiger partial charge >= 0.3 is 0 Å². The van der Waals surface area contributed by atoms with E-state index in [9.17, 15) is 9.18 Å². The Kier molecular flexibility index (Phi) is 7.02. The number of amides is 1. The van der Waals surface area contributed by atoms with Crippen molar-refractivity contribution in [2.45, 2.75) is 17.5 Å². The molecular formula is C21H21FN4O2S. The molecule has 0 fully saturated rings. The summed E-state index contributed by atoms with van der Waals surface area (Å²) in [6, 6.07) is 13.8. The number of nitrogens with one attached hydrogen (secondary N) is 1. The molecule has 0 aliphatic carbocycles. The normalized spacial score (nSPS) is 11.0. The van der Waals surface area contributed by atoms with Gasteiger partial charge in [0.25, 0.3) is 0 Å². The number of thioether (sulfide) groups is 1. The number of methoxy groups -OCH3 is 1. The van der Waals surface area contributed by atoms with Gasteiger partial charge in [0.1, 0.15) is 11.6 Å². The summed E-state index contributed by atoms with van der Waals surface area (Å²) in [5.41, 5.74) is 1.90. The van der Waals surface area contributed by atoms with Crippen LogP contribution >= 0.6 is 11.8 Å². The maximum Gasteiger partial charge on any atom is 0.244 e. The lowest BCUT2D eigenvalue weighted by Gasteiger charge is -2.05. The number of ether oxygens (including phenoxy) is 1. The largest absolute Gasteiger partial charge is 0.497 e. The maximum absolute atomic E-state index is 13.0. The second-order valence-electron chi connectivity index (χ2n) is 6.20. The Morgan fingerprint density at radius 2 is 1.90 bits per heavy atom. The summed E-state index contributed by atoms with van der Waals surface area (Å²) in [5, 5.41) is 11.8. The van der Waals surface area contributed by atoms with Gasteiger partial charge in [-0.2, -0.15) is 0 Å². The van der Waals surface area contributed by atoms with Gasteiger partial charge in [-0.15, -0.1) is 10.2 Å². The summed E-state index contributed by atoms with van der Waals surface area (Å²) in [6.07, 6.45) is 3.21. The summed E-state index contributed by atoms with van der Waals surface area (Å²) in [6.45, 7) is 0.270. The van der Waals surface area contributed by atoms with E-state index in [-0.39, 0.29) is 18.3 Å². The van der Waals surface area contributed by atoms with Gasteiger partial charge in [-0.25, -0.2) is 4.39 Å². The number of hydrogen-bond donors (Lipinski definition) is 1. The number of nitrogens with zero attached hydrogens (tertiary/aromatic N) is 3. The van der Waals surface area contributed by atoms with E-state index in [1.807, 2.05) is 35.9 Å². The Morgan fingerprint density at radius 3 is 2.59 bits per heavy atom. The van der Waals surface area contributed by atoms with Crippen LogP contribution in [-0.2, 0) is 24.1 Å². The van der Waals surface area contributed by atoms with Crippen LogP contribution in [0.1, 0.15) is 17.0 Å². The van der Waals surface area contributed by atoms with Crippen molar-refractivity contribution in [1.29, 1.82) is 0 Å². The highest BCUT2D eigenvalue weighted by molar-refractivity contribution is 7.98. The first-order valence-electron chi connectivity index (χ1n) is 8.90. The van der Waals surface area contributed by atoms with Crippen molar-refractivity contribution < 1.29 is 13.9 Å². The van der Waals surface area contributed by atoms with Crippen molar-refractivity contribution in [2.75, 3.05) is 7.11 Å². The minimum atomic E-state index is -0.253. The van der Waals surface area contributed by atoms with Gasteiger partial charge in [0.2, 0.25) is 5.91 Å². The molecule has 2 aromatic carbocycles. The number of rotatable bonds is 8. The second kappa shape index (κ2) is 9.88. The van der Waals surface area contributed by atoms with Crippen LogP contribution in [0.2, 0.25) is 0 Å². The van der Waals surface area contributed by atoms with E-state index in [0.717, 1.165) is 22.0 Å². The average molecular weight is 412 g/mol. The summed E-state index contributed by atoms with van der Waals surface area (Å²) in [4.78, 5) is 12.1. The number of halogens is 1.